The molecule has 0 atom stereocenters. The highest BCUT2D eigenvalue weighted by Gasteiger charge is 2.05. The Kier molecular flexibility index (Phi) is 3.63. The van der Waals surface area contributed by atoms with Gasteiger partial charge in [-0.05, 0) is 54.4 Å². The molecule has 0 aliphatic carbocycles. The van der Waals surface area contributed by atoms with Gasteiger partial charge in [-0.15, -0.1) is 11.3 Å². The largest absolute Gasteiger partial charge is 0.396 e. The van der Waals surface area contributed by atoms with E-state index in [1.807, 2.05) is 31.2 Å². The maximum absolute atomic E-state index is 5.95. The second-order valence-electron chi connectivity index (χ2n) is 5.56. The summed E-state index contributed by atoms with van der Waals surface area (Å²) in [5, 5.41) is 4.36. The first-order valence-electron chi connectivity index (χ1n) is 7.64. The van der Waals surface area contributed by atoms with Gasteiger partial charge < -0.3 is 11.1 Å². The van der Waals surface area contributed by atoms with Crippen molar-refractivity contribution in [3.8, 4) is 11.1 Å². The Bertz CT molecular complexity index is 1020. The van der Waals surface area contributed by atoms with E-state index in [1.165, 1.54) is 4.70 Å². The lowest BCUT2D eigenvalue weighted by atomic mass is 10.0. The fraction of sp³-hybridized carbons (Fsp3) is 0.0526. The van der Waals surface area contributed by atoms with Crippen molar-refractivity contribution >= 4 is 38.7 Å². The Hall–Kier alpha value is -2.92. The van der Waals surface area contributed by atoms with Gasteiger partial charge in [0.05, 0.1) is 20.9 Å². The molecular weight excluding hydrogens is 316 g/mol. The molecule has 24 heavy (non-hydrogen) atoms. The number of nitrogens with one attached hydrogen (secondary N) is 1. The number of anilines is 3. The molecule has 4 rings (SSSR count). The summed E-state index contributed by atoms with van der Waals surface area (Å²) in [6, 6.07) is 18.3. The van der Waals surface area contributed by atoms with Crippen LogP contribution in [-0.4, -0.2) is 9.97 Å². The van der Waals surface area contributed by atoms with Crippen LogP contribution < -0.4 is 11.1 Å². The second kappa shape index (κ2) is 5.94. The van der Waals surface area contributed by atoms with E-state index in [0.717, 1.165) is 27.3 Å². The van der Waals surface area contributed by atoms with Crippen LogP contribution in [0, 0.1) is 6.92 Å². The molecule has 3 N–H and O–H groups in total. The molecule has 0 spiro atoms. The summed E-state index contributed by atoms with van der Waals surface area (Å²) in [5.74, 6) is 0.667. The van der Waals surface area contributed by atoms with Crippen LogP contribution in [0.3, 0.4) is 0 Å². The third kappa shape index (κ3) is 2.81. The van der Waals surface area contributed by atoms with Crippen molar-refractivity contribution in [3.05, 3.63) is 65.8 Å². The van der Waals surface area contributed by atoms with E-state index in [-0.39, 0.29) is 0 Å². The van der Waals surface area contributed by atoms with E-state index in [4.69, 9.17) is 5.73 Å². The first-order valence-corrected chi connectivity index (χ1v) is 8.46. The van der Waals surface area contributed by atoms with Gasteiger partial charge in [-0.3, -0.25) is 0 Å². The molecule has 0 aliphatic heterocycles. The average Bonchev–Trinajstić information content (AvgIpc) is 2.96. The van der Waals surface area contributed by atoms with Crippen molar-refractivity contribution < 1.29 is 0 Å². The van der Waals surface area contributed by atoms with Crippen molar-refractivity contribution in [2.75, 3.05) is 11.1 Å². The minimum atomic E-state index is 0.627. The third-order valence-electron chi connectivity index (χ3n) is 3.79. The van der Waals surface area contributed by atoms with Crippen molar-refractivity contribution in [1.82, 2.24) is 9.97 Å². The van der Waals surface area contributed by atoms with Gasteiger partial charge in [-0.25, -0.2) is 9.97 Å². The summed E-state index contributed by atoms with van der Waals surface area (Å²) < 4.78 is 1.21. The van der Waals surface area contributed by atoms with E-state index in [1.54, 1.807) is 17.5 Å². The number of rotatable bonds is 3. The average molecular weight is 332 g/mol. The minimum absolute atomic E-state index is 0.627. The Labute approximate surface area is 144 Å². The van der Waals surface area contributed by atoms with Gasteiger partial charge in [0, 0.05) is 11.9 Å². The standard InChI is InChI=1S/C19H16N4S/c1-12-22-17-11-14(7-8-18(17)24-12)13-4-2-5-15(10-13)23-19-16(20)6-3-9-21-19/h2-11H,20H2,1H3,(H,21,23). The highest BCUT2D eigenvalue weighted by atomic mass is 32.1. The topological polar surface area (TPSA) is 63.8 Å². The lowest BCUT2D eigenvalue weighted by molar-refractivity contribution is 1.31. The minimum Gasteiger partial charge on any atom is -0.396 e. The number of aromatic nitrogens is 2. The Morgan fingerprint density at radius 2 is 1.88 bits per heavy atom. The molecule has 0 unspecified atom stereocenters. The van der Waals surface area contributed by atoms with Crippen LogP contribution in [0.1, 0.15) is 5.01 Å². The van der Waals surface area contributed by atoms with Crippen LogP contribution in [0.4, 0.5) is 17.2 Å². The molecule has 0 bridgehead atoms. The van der Waals surface area contributed by atoms with Crippen LogP contribution in [0.5, 0.6) is 0 Å². The first-order chi connectivity index (χ1) is 11.7. The number of benzene rings is 2. The zero-order chi connectivity index (χ0) is 16.5. The van der Waals surface area contributed by atoms with Crippen molar-refractivity contribution in [2.45, 2.75) is 6.92 Å². The van der Waals surface area contributed by atoms with E-state index >= 15 is 0 Å². The molecule has 0 saturated carbocycles. The number of hydrogen-bond donors (Lipinski definition) is 2. The predicted molar refractivity (Wildman–Crippen MR) is 102 cm³/mol. The number of nitrogens with two attached hydrogens (primary N) is 1. The number of fused-ring (bicyclic) bond motifs is 1. The van der Waals surface area contributed by atoms with Gasteiger partial charge in [0.1, 0.15) is 0 Å². The van der Waals surface area contributed by atoms with Crippen LogP contribution in [-0.2, 0) is 0 Å². The molecule has 0 radical (unpaired) electrons. The Morgan fingerprint density at radius 3 is 2.75 bits per heavy atom. The number of aryl methyl sites for hydroxylation is 1. The van der Waals surface area contributed by atoms with Crippen LogP contribution in [0.2, 0.25) is 0 Å². The number of pyridine rings is 1. The SMILES string of the molecule is Cc1nc2cc(-c3cccc(Nc4ncccc4N)c3)ccc2s1. The summed E-state index contributed by atoms with van der Waals surface area (Å²) >= 11 is 1.72. The maximum Gasteiger partial charge on any atom is 0.153 e. The zero-order valence-corrected chi connectivity index (χ0v) is 14.0. The van der Waals surface area contributed by atoms with E-state index in [0.29, 0.717) is 11.5 Å². The summed E-state index contributed by atoms with van der Waals surface area (Å²) in [4.78, 5) is 8.85. The number of nitrogen functional groups attached to an aromatic ring is 1. The predicted octanol–water partition coefficient (Wildman–Crippen LogP) is 4.99. The summed E-state index contributed by atoms with van der Waals surface area (Å²) in [6.45, 7) is 2.03. The van der Waals surface area contributed by atoms with Gasteiger partial charge in [0.2, 0.25) is 0 Å². The molecule has 4 aromatic rings. The molecule has 0 fully saturated rings. The lowest BCUT2D eigenvalue weighted by Gasteiger charge is -2.09. The van der Waals surface area contributed by atoms with Crippen molar-refractivity contribution in [2.24, 2.45) is 0 Å². The highest BCUT2D eigenvalue weighted by molar-refractivity contribution is 7.18. The third-order valence-corrected chi connectivity index (χ3v) is 4.74. The second-order valence-corrected chi connectivity index (χ2v) is 6.80. The molecular formula is C19H16N4S. The van der Waals surface area contributed by atoms with Gasteiger partial charge in [0.25, 0.3) is 0 Å². The fourth-order valence-corrected chi connectivity index (χ4v) is 3.47. The molecule has 118 valence electrons. The van der Waals surface area contributed by atoms with Gasteiger partial charge in [-0.2, -0.15) is 0 Å². The Balaban J connectivity index is 1.69. The molecule has 4 nitrogen and oxygen atoms in total. The smallest absolute Gasteiger partial charge is 0.153 e. The first kappa shape index (κ1) is 14.7. The Morgan fingerprint density at radius 1 is 1.00 bits per heavy atom. The molecule has 0 aliphatic rings. The summed E-state index contributed by atoms with van der Waals surface area (Å²) in [5.41, 5.74) is 10.8. The maximum atomic E-state index is 5.95. The molecule has 2 heterocycles. The molecule has 0 amide bonds. The van der Waals surface area contributed by atoms with Gasteiger partial charge >= 0.3 is 0 Å². The zero-order valence-electron chi connectivity index (χ0n) is 13.2. The van der Waals surface area contributed by atoms with Crippen LogP contribution in [0.25, 0.3) is 21.3 Å². The van der Waals surface area contributed by atoms with E-state index in [9.17, 15) is 0 Å². The van der Waals surface area contributed by atoms with E-state index < -0.39 is 0 Å². The monoisotopic (exact) mass is 332 g/mol. The fourth-order valence-electron chi connectivity index (χ4n) is 2.66. The summed E-state index contributed by atoms with van der Waals surface area (Å²) in [7, 11) is 0. The van der Waals surface area contributed by atoms with Crippen molar-refractivity contribution in [3.63, 3.8) is 0 Å². The molecule has 5 heteroatoms. The molecule has 0 saturated heterocycles. The van der Waals surface area contributed by atoms with Crippen LogP contribution in [0.15, 0.2) is 60.8 Å². The highest BCUT2D eigenvalue weighted by Crippen LogP contribution is 2.30. The molecule has 2 aromatic heterocycles. The summed E-state index contributed by atoms with van der Waals surface area (Å²) in [6.07, 6.45) is 1.72. The van der Waals surface area contributed by atoms with Gasteiger partial charge in [0.15, 0.2) is 5.82 Å². The lowest BCUT2D eigenvalue weighted by Crippen LogP contribution is -1.98. The van der Waals surface area contributed by atoms with E-state index in [2.05, 4.69) is 45.6 Å². The number of thiazole rings is 1. The van der Waals surface area contributed by atoms with Crippen molar-refractivity contribution in [1.29, 1.82) is 0 Å². The number of nitrogens with zero attached hydrogens (tertiary/aromatic N) is 2. The normalized spacial score (nSPS) is 10.9. The molecule has 2 aromatic carbocycles. The van der Waals surface area contributed by atoms with Gasteiger partial charge in [-0.1, -0.05) is 18.2 Å². The van der Waals surface area contributed by atoms with Crippen LogP contribution >= 0.6 is 11.3 Å². The number of hydrogen-bond acceptors (Lipinski definition) is 5. The quantitative estimate of drug-likeness (QED) is 0.554.